The summed E-state index contributed by atoms with van der Waals surface area (Å²) in [5, 5.41) is 9.69. The molecule has 1 unspecified atom stereocenters. The first-order valence-corrected chi connectivity index (χ1v) is 33.7. The number of ether oxygens (including phenoxy) is 2. The van der Waals surface area contributed by atoms with Crippen LogP contribution in [0.1, 0.15) is 393 Å². The molecular weight excluding hydrogens is 897 g/mol. The summed E-state index contributed by atoms with van der Waals surface area (Å²) in [7, 11) is 0. The number of esters is 2. The molecular formula is C68H132O5. The molecule has 0 aliphatic carbocycles. The molecule has 0 aromatic heterocycles. The number of carbonyl (C=O) groups is 2. The molecule has 0 spiro atoms. The molecule has 0 saturated heterocycles. The molecule has 0 aliphatic heterocycles. The summed E-state index contributed by atoms with van der Waals surface area (Å²) in [5.41, 5.74) is 0. The molecule has 0 saturated carbocycles. The van der Waals surface area contributed by atoms with Gasteiger partial charge in [0.25, 0.3) is 0 Å². The molecule has 434 valence electrons. The number of aliphatic hydroxyl groups is 1. The third kappa shape index (κ3) is 63.1. The van der Waals surface area contributed by atoms with Gasteiger partial charge in [0.15, 0.2) is 6.10 Å². The van der Waals surface area contributed by atoms with Crippen molar-refractivity contribution in [2.45, 2.75) is 399 Å². The first kappa shape index (κ1) is 71.6. The van der Waals surface area contributed by atoms with Crippen molar-refractivity contribution in [3.8, 4) is 0 Å². The van der Waals surface area contributed by atoms with Crippen LogP contribution < -0.4 is 0 Å². The first-order valence-electron chi connectivity index (χ1n) is 33.7. The van der Waals surface area contributed by atoms with Crippen molar-refractivity contribution >= 4 is 11.9 Å². The highest BCUT2D eigenvalue weighted by Crippen LogP contribution is 2.19. The molecule has 0 bridgehead atoms. The van der Waals surface area contributed by atoms with Crippen LogP contribution in [0, 0.1) is 0 Å². The maximum absolute atomic E-state index is 12.3. The summed E-state index contributed by atoms with van der Waals surface area (Å²) in [5.74, 6) is -0.561. The highest BCUT2D eigenvalue weighted by molar-refractivity contribution is 5.70. The topological polar surface area (TPSA) is 72.8 Å². The summed E-state index contributed by atoms with van der Waals surface area (Å²) in [6.07, 6.45) is 82.5. The molecule has 0 aliphatic rings. The molecule has 0 radical (unpaired) electrons. The van der Waals surface area contributed by atoms with Gasteiger partial charge in [-0.2, -0.15) is 0 Å². The fraction of sp³-hybridized carbons (Fsp3) is 0.941. The lowest BCUT2D eigenvalue weighted by Gasteiger charge is -2.15. The number of carbonyl (C=O) groups excluding carboxylic acids is 2. The van der Waals surface area contributed by atoms with Crippen LogP contribution in [-0.4, -0.2) is 36.4 Å². The van der Waals surface area contributed by atoms with E-state index in [0.29, 0.717) is 12.8 Å². The Balaban J connectivity index is 3.36. The number of rotatable bonds is 64. The predicted molar refractivity (Wildman–Crippen MR) is 321 cm³/mol. The SMILES string of the molecule is CCCCCCCCCC/C=C\CCCCCCCCCCCCCCCCCCCCCCCCCC(=O)OC(CO)COC(=O)CCCCCCCCCCCCCCCCCCCCCCCCCC. The zero-order valence-corrected chi connectivity index (χ0v) is 49.9. The number of unbranched alkanes of at least 4 members (excludes halogenated alkanes) is 54. The van der Waals surface area contributed by atoms with E-state index in [1.54, 1.807) is 0 Å². The molecule has 5 heteroatoms. The third-order valence-corrected chi connectivity index (χ3v) is 15.8. The van der Waals surface area contributed by atoms with Crippen LogP contribution in [0.3, 0.4) is 0 Å². The van der Waals surface area contributed by atoms with E-state index in [1.165, 1.54) is 334 Å². The number of aliphatic hydroxyl groups excluding tert-OH is 1. The van der Waals surface area contributed by atoms with Gasteiger partial charge in [-0.25, -0.2) is 0 Å². The smallest absolute Gasteiger partial charge is 0.306 e. The van der Waals surface area contributed by atoms with Gasteiger partial charge in [0.2, 0.25) is 0 Å². The van der Waals surface area contributed by atoms with E-state index in [1.807, 2.05) is 0 Å². The van der Waals surface area contributed by atoms with E-state index in [9.17, 15) is 14.7 Å². The Hall–Kier alpha value is -1.36. The zero-order chi connectivity index (χ0) is 52.7. The van der Waals surface area contributed by atoms with Crippen LogP contribution in [0.15, 0.2) is 12.2 Å². The standard InChI is InChI=1S/C68H132O5/c1-3-5-7-9-11-13-15-17-19-21-23-25-27-29-30-31-32-33-34-35-36-37-38-39-41-43-45-47-49-51-53-55-57-59-61-63-68(71)73-66(64-69)65-72-67(70)62-60-58-56-54-52-50-48-46-44-42-40-28-26-24-22-20-18-16-14-12-10-8-6-4-2/h21,23,66,69H,3-20,22,24-65H2,1-2H3/b23-21-. The molecule has 0 rings (SSSR count). The Morgan fingerprint density at radius 2 is 0.507 bits per heavy atom. The van der Waals surface area contributed by atoms with Gasteiger partial charge in [0.05, 0.1) is 6.61 Å². The van der Waals surface area contributed by atoms with E-state index in [2.05, 4.69) is 26.0 Å². The third-order valence-electron chi connectivity index (χ3n) is 15.8. The number of hydrogen-bond donors (Lipinski definition) is 1. The highest BCUT2D eigenvalue weighted by atomic mass is 16.6. The van der Waals surface area contributed by atoms with Crippen molar-refractivity contribution in [2.24, 2.45) is 0 Å². The highest BCUT2D eigenvalue weighted by Gasteiger charge is 2.16. The number of allylic oxidation sites excluding steroid dienone is 2. The average molecular weight is 1030 g/mol. The molecule has 0 heterocycles. The molecule has 1 atom stereocenters. The second-order valence-electron chi connectivity index (χ2n) is 23.3. The van der Waals surface area contributed by atoms with Gasteiger partial charge in [-0.05, 0) is 38.5 Å². The summed E-state index contributed by atoms with van der Waals surface area (Å²) in [6.45, 7) is 4.21. The molecule has 5 nitrogen and oxygen atoms in total. The maximum atomic E-state index is 12.3. The lowest BCUT2D eigenvalue weighted by atomic mass is 10.0. The van der Waals surface area contributed by atoms with Crippen molar-refractivity contribution in [3.05, 3.63) is 12.2 Å². The Bertz CT molecular complexity index is 1070. The van der Waals surface area contributed by atoms with E-state index in [0.717, 1.165) is 32.1 Å². The molecule has 0 aromatic rings. The molecule has 1 N–H and O–H groups in total. The Morgan fingerprint density at radius 1 is 0.301 bits per heavy atom. The largest absolute Gasteiger partial charge is 0.462 e. The summed E-state index contributed by atoms with van der Waals surface area (Å²) < 4.78 is 10.8. The Morgan fingerprint density at radius 3 is 0.740 bits per heavy atom. The lowest BCUT2D eigenvalue weighted by molar-refractivity contribution is -0.161. The minimum atomic E-state index is -0.766. The lowest BCUT2D eigenvalue weighted by Crippen LogP contribution is -2.28. The first-order chi connectivity index (χ1) is 36.1. The summed E-state index contributed by atoms with van der Waals surface area (Å²) in [4.78, 5) is 24.6. The molecule has 73 heavy (non-hydrogen) atoms. The predicted octanol–water partition coefficient (Wildman–Crippen LogP) is 23.0. The zero-order valence-electron chi connectivity index (χ0n) is 49.9. The van der Waals surface area contributed by atoms with E-state index in [-0.39, 0.29) is 25.2 Å². The van der Waals surface area contributed by atoms with Crippen LogP contribution in [0.5, 0.6) is 0 Å². The van der Waals surface area contributed by atoms with Crippen molar-refractivity contribution in [1.82, 2.24) is 0 Å². The van der Waals surface area contributed by atoms with Crippen molar-refractivity contribution < 1.29 is 24.2 Å². The Kier molecular flexibility index (Phi) is 63.7. The molecule has 0 amide bonds. The monoisotopic (exact) mass is 1030 g/mol. The van der Waals surface area contributed by atoms with Crippen LogP contribution in [0.25, 0.3) is 0 Å². The molecule has 0 fully saturated rings. The van der Waals surface area contributed by atoms with Gasteiger partial charge in [0.1, 0.15) is 6.61 Å². The minimum Gasteiger partial charge on any atom is -0.462 e. The number of hydrogen-bond acceptors (Lipinski definition) is 5. The van der Waals surface area contributed by atoms with Gasteiger partial charge in [-0.15, -0.1) is 0 Å². The van der Waals surface area contributed by atoms with Gasteiger partial charge >= 0.3 is 11.9 Å². The van der Waals surface area contributed by atoms with Gasteiger partial charge in [-0.1, -0.05) is 353 Å². The van der Waals surface area contributed by atoms with Gasteiger partial charge in [-0.3, -0.25) is 9.59 Å². The fourth-order valence-corrected chi connectivity index (χ4v) is 10.7. The fourth-order valence-electron chi connectivity index (χ4n) is 10.7. The van der Waals surface area contributed by atoms with Crippen LogP contribution in [0.4, 0.5) is 0 Å². The van der Waals surface area contributed by atoms with E-state index >= 15 is 0 Å². The quantitative estimate of drug-likeness (QED) is 0.0373. The summed E-state index contributed by atoms with van der Waals surface area (Å²) in [6, 6.07) is 0. The van der Waals surface area contributed by atoms with Crippen LogP contribution >= 0.6 is 0 Å². The average Bonchev–Trinajstić information content (AvgIpc) is 3.39. The van der Waals surface area contributed by atoms with Gasteiger partial charge in [0, 0.05) is 12.8 Å². The van der Waals surface area contributed by atoms with Crippen LogP contribution in [-0.2, 0) is 19.1 Å². The van der Waals surface area contributed by atoms with Crippen LogP contribution in [0.2, 0.25) is 0 Å². The summed E-state index contributed by atoms with van der Waals surface area (Å²) >= 11 is 0. The Labute approximate surface area is 458 Å². The van der Waals surface area contributed by atoms with Crippen molar-refractivity contribution in [1.29, 1.82) is 0 Å². The second kappa shape index (κ2) is 64.9. The normalized spacial score (nSPS) is 12.1. The van der Waals surface area contributed by atoms with Crippen molar-refractivity contribution in [2.75, 3.05) is 13.2 Å². The van der Waals surface area contributed by atoms with E-state index < -0.39 is 6.10 Å². The van der Waals surface area contributed by atoms with Gasteiger partial charge < -0.3 is 14.6 Å². The minimum absolute atomic E-state index is 0.0565. The van der Waals surface area contributed by atoms with Crippen molar-refractivity contribution in [3.63, 3.8) is 0 Å². The maximum Gasteiger partial charge on any atom is 0.306 e. The van der Waals surface area contributed by atoms with E-state index in [4.69, 9.17) is 9.47 Å². The molecule has 0 aromatic carbocycles. The second-order valence-corrected chi connectivity index (χ2v) is 23.3.